The second-order valence-electron chi connectivity index (χ2n) is 4.89. The van der Waals surface area contributed by atoms with Gasteiger partial charge in [-0.15, -0.1) is 9.36 Å². The summed E-state index contributed by atoms with van der Waals surface area (Å²) in [6.07, 6.45) is 1.65. The van der Waals surface area contributed by atoms with Crippen LogP contribution in [-0.4, -0.2) is 19.3 Å². The zero-order chi connectivity index (χ0) is 15.9. The Morgan fingerprint density at radius 1 is 0.864 bits per heavy atom. The lowest BCUT2D eigenvalue weighted by Crippen LogP contribution is -2.28. The van der Waals surface area contributed by atoms with Crippen LogP contribution in [0.1, 0.15) is 5.56 Å². The van der Waals surface area contributed by atoms with Crippen LogP contribution < -0.4 is 9.36 Å². The second-order valence-corrected chi connectivity index (χ2v) is 4.89. The molecule has 0 amide bonds. The molecule has 0 aliphatic rings. The predicted molar refractivity (Wildman–Crippen MR) is 68.0 cm³/mol. The van der Waals surface area contributed by atoms with Gasteiger partial charge in [0.2, 0.25) is 12.7 Å². The van der Waals surface area contributed by atoms with Crippen LogP contribution >= 0.6 is 0 Å². The van der Waals surface area contributed by atoms with Crippen LogP contribution in [0.25, 0.3) is 11.4 Å². The van der Waals surface area contributed by atoms with Crippen molar-refractivity contribution in [2.45, 2.75) is 6.18 Å². The fourth-order valence-corrected chi connectivity index (χ4v) is 2.08. The zero-order valence-corrected chi connectivity index (χ0v) is 11.9. The molecule has 2 heterocycles. The van der Waals surface area contributed by atoms with Crippen LogP contribution in [0, 0.1) is 0 Å². The highest BCUT2D eigenvalue weighted by Crippen LogP contribution is 2.32. The molecule has 22 heavy (non-hydrogen) atoms. The lowest BCUT2D eigenvalue weighted by molar-refractivity contribution is -0.728. The van der Waals surface area contributed by atoms with Crippen molar-refractivity contribution < 1.29 is 22.5 Å². The van der Waals surface area contributed by atoms with Gasteiger partial charge in [-0.1, -0.05) is 0 Å². The summed E-state index contributed by atoms with van der Waals surface area (Å²) in [5, 5.41) is 7.93. The second kappa shape index (κ2) is 4.93. The van der Waals surface area contributed by atoms with Crippen LogP contribution in [0.4, 0.5) is 13.2 Å². The van der Waals surface area contributed by atoms with Crippen molar-refractivity contribution in [1.29, 1.82) is 0 Å². The molecule has 1 aromatic carbocycles. The molecule has 0 saturated heterocycles. The van der Waals surface area contributed by atoms with Gasteiger partial charge in [-0.25, -0.2) is 0 Å². The molecule has 0 aliphatic carbocycles. The van der Waals surface area contributed by atoms with Gasteiger partial charge in [-0.3, -0.25) is 0 Å². The third kappa shape index (κ3) is 2.69. The van der Waals surface area contributed by atoms with Gasteiger partial charge in [0.05, 0.1) is 5.56 Å². The van der Waals surface area contributed by atoms with E-state index in [0.717, 1.165) is 12.1 Å². The van der Waals surface area contributed by atoms with E-state index in [9.17, 15) is 13.2 Å². The molecule has 9 heteroatoms. The fourth-order valence-electron chi connectivity index (χ4n) is 2.08. The largest absolute Gasteiger partial charge is 0.416 e. The number of aromatic nitrogens is 6. The first-order valence-corrected chi connectivity index (χ1v) is 6.36. The summed E-state index contributed by atoms with van der Waals surface area (Å²) in [5.74, 6) is 0. The summed E-state index contributed by atoms with van der Waals surface area (Å²) in [5.41, 5.74) is 0.0104. The van der Waals surface area contributed by atoms with Gasteiger partial charge in [0.25, 0.3) is 12.7 Å². The summed E-state index contributed by atoms with van der Waals surface area (Å²) in [7, 11) is 3.39. The highest BCUT2D eigenvalue weighted by Gasteiger charge is 2.33. The van der Waals surface area contributed by atoms with Gasteiger partial charge in [0.15, 0.2) is 0 Å². The van der Waals surface area contributed by atoms with Gasteiger partial charge in [0.1, 0.15) is 25.5 Å². The van der Waals surface area contributed by atoms with E-state index in [1.54, 1.807) is 32.8 Å². The van der Waals surface area contributed by atoms with Crippen molar-refractivity contribution in [1.82, 2.24) is 19.3 Å². The summed E-state index contributed by atoms with van der Waals surface area (Å²) in [4.78, 5) is 0. The third-order valence-electron chi connectivity index (χ3n) is 3.13. The molecule has 0 unspecified atom stereocenters. The first-order valence-electron chi connectivity index (χ1n) is 6.36. The Balaban J connectivity index is 2.18. The van der Waals surface area contributed by atoms with Crippen LogP contribution in [0.15, 0.2) is 43.5 Å². The first-order chi connectivity index (χ1) is 10.3. The molecule has 0 spiro atoms. The van der Waals surface area contributed by atoms with E-state index < -0.39 is 11.7 Å². The van der Waals surface area contributed by atoms with Crippen molar-refractivity contribution in [2.24, 2.45) is 14.1 Å². The van der Waals surface area contributed by atoms with Gasteiger partial charge in [-0.2, -0.15) is 22.3 Å². The van der Waals surface area contributed by atoms with Crippen molar-refractivity contribution in [3.8, 4) is 11.4 Å². The standard InChI is InChI=1S/C13H13F3N6/c1-19-8-21(6-17-19)11-3-10(13(14,15)16)4-12(5-11)22-7-18-20(2)9-22/h3-9H,1-2H3/q+2. The van der Waals surface area contributed by atoms with E-state index in [4.69, 9.17) is 0 Å². The number of halogens is 3. The van der Waals surface area contributed by atoms with E-state index in [0.29, 0.717) is 11.4 Å². The number of benzene rings is 1. The van der Waals surface area contributed by atoms with Crippen molar-refractivity contribution in [3.63, 3.8) is 0 Å². The predicted octanol–water partition coefficient (Wildman–Crippen LogP) is 0.726. The maximum absolute atomic E-state index is 13.1. The Morgan fingerprint density at radius 3 is 1.64 bits per heavy atom. The number of hydrogen-bond acceptors (Lipinski definition) is 2. The smallest absolute Gasteiger partial charge is 0.184 e. The van der Waals surface area contributed by atoms with Crippen molar-refractivity contribution >= 4 is 0 Å². The minimum absolute atomic E-state index is 0.370. The molecule has 0 atom stereocenters. The summed E-state index contributed by atoms with van der Waals surface area (Å²) in [6, 6.07) is 3.81. The summed E-state index contributed by atoms with van der Waals surface area (Å²) in [6.45, 7) is 0. The summed E-state index contributed by atoms with van der Waals surface area (Å²) < 4.78 is 45.5. The van der Waals surface area contributed by atoms with E-state index in [2.05, 4.69) is 10.2 Å². The summed E-state index contributed by atoms with van der Waals surface area (Å²) >= 11 is 0. The van der Waals surface area contributed by atoms with E-state index in [1.807, 2.05) is 0 Å². The van der Waals surface area contributed by atoms with Crippen LogP contribution in [0.3, 0.4) is 0 Å². The molecule has 3 aromatic rings. The van der Waals surface area contributed by atoms with E-state index in [1.165, 1.54) is 31.2 Å². The number of nitrogens with zero attached hydrogens (tertiary/aromatic N) is 6. The van der Waals surface area contributed by atoms with E-state index in [-0.39, 0.29) is 0 Å². The molecule has 3 rings (SSSR count). The Bertz CT molecular complexity index is 759. The Morgan fingerprint density at radius 2 is 1.32 bits per heavy atom. The molecule has 0 saturated carbocycles. The average Bonchev–Trinajstić information content (AvgIpc) is 3.06. The number of hydrogen-bond donors (Lipinski definition) is 0. The van der Waals surface area contributed by atoms with Gasteiger partial charge < -0.3 is 0 Å². The maximum Gasteiger partial charge on any atom is 0.416 e. The lowest BCUT2D eigenvalue weighted by atomic mass is 10.1. The maximum atomic E-state index is 13.1. The minimum atomic E-state index is -4.43. The molecule has 0 aliphatic heterocycles. The number of aryl methyl sites for hydroxylation is 2. The highest BCUT2D eigenvalue weighted by molar-refractivity contribution is 5.47. The number of alkyl halides is 3. The molecule has 0 N–H and O–H groups in total. The fraction of sp³-hybridized carbons (Fsp3) is 0.231. The van der Waals surface area contributed by atoms with Gasteiger partial charge in [-0.05, 0) is 22.3 Å². The van der Waals surface area contributed by atoms with E-state index >= 15 is 0 Å². The Hall–Kier alpha value is -2.71. The highest BCUT2D eigenvalue weighted by atomic mass is 19.4. The monoisotopic (exact) mass is 310 g/mol. The molecule has 2 aromatic heterocycles. The molecular weight excluding hydrogens is 297 g/mol. The van der Waals surface area contributed by atoms with Crippen LogP contribution in [0.5, 0.6) is 0 Å². The Labute approximate surface area is 123 Å². The number of rotatable bonds is 2. The molecule has 0 bridgehead atoms. The third-order valence-corrected chi connectivity index (χ3v) is 3.13. The topological polar surface area (TPSA) is 43.4 Å². The van der Waals surface area contributed by atoms with Gasteiger partial charge in [0, 0.05) is 6.07 Å². The minimum Gasteiger partial charge on any atom is -0.184 e. The molecule has 6 nitrogen and oxygen atoms in total. The lowest BCUT2D eigenvalue weighted by Gasteiger charge is -2.08. The van der Waals surface area contributed by atoms with Crippen LogP contribution in [-0.2, 0) is 20.3 Å². The first kappa shape index (κ1) is 14.2. The van der Waals surface area contributed by atoms with Crippen molar-refractivity contribution in [2.75, 3.05) is 0 Å². The van der Waals surface area contributed by atoms with Gasteiger partial charge >= 0.3 is 6.18 Å². The average molecular weight is 310 g/mol. The normalized spacial score (nSPS) is 11.9. The zero-order valence-electron chi connectivity index (χ0n) is 11.9. The van der Waals surface area contributed by atoms with Crippen LogP contribution in [0.2, 0.25) is 0 Å². The quantitative estimate of drug-likeness (QED) is 0.655. The van der Waals surface area contributed by atoms with Crippen molar-refractivity contribution in [3.05, 3.63) is 49.1 Å². The molecule has 114 valence electrons. The molecule has 0 radical (unpaired) electrons. The molecular formula is C13H13F3N6+2. The molecule has 0 fully saturated rings. The Kier molecular flexibility index (Phi) is 3.19. The SMILES string of the molecule is C[n+]1cn(-c2cc(-n3cn[n+](C)c3)cc(C(F)(F)F)c2)cn1.